The van der Waals surface area contributed by atoms with E-state index in [1.165, 1.54) is 11.1 Å². The molecule has 1 aromatic rings. The maximum atomic E-state index is 6.04. The molecule has 0 spiro atoms. The Morgan fingerprint density at radius 2 is 2.06 bits per heavy atom. The van der Waals surface area contributed by atoms with E-state index in [1.54, 1.807) is 0 Å². The molecule has 2 atom stereocenters. The zero-order chi connectivity index (χ0) is 12.3. The Hall–Kier alpha value is -0.860. The lowest BCUT2D eigenvalue weighted by Crippen LogP contribution is -2.57. The summed E-state index contributed by atoms with van der Waals surface area (Å²) in [6, 6.07) is 9.31. The Kier molecular flexibility index (Phi) is 3.85. The van der Waals surface area contributed by atoms with Gasteiger partial charge in [-0.2, -0.15) is 0 Å². The van der Waals surface area contributed by atoms with Crippen molar-refractivity contribution in [2.45, 2.75) is 51.1 Å². The van der Waals surface area contributed by atoms with Gasteiger partial charge in [-0.25, -0.2) is 0 Å². The van der Waals surface area contributed by atoms with Crippen molar-refractivity contribution in [3.05, 3.63) is 35.4 Å². The molecule has 0 saturated carbocycles. The normalized spacial score (nSPS) is 25.4. The molecule has 0 fully saturated rings. The highest BCUT2D eigenvalue weighted by molar-refractivity contribution is 5.32. The van der Waals surface area contributed by atoms with Crippen molar-refractivity contribution >= 4 is 0 Å². The number of hydrogen-bond donors (Lipinski definition) is 2. The molecular weight excluding hydrogens is 208 g/mol. The molecule has 1 aliphatic rings. The number of aryl methyl sites for hydroxylation is 1. The van der Waals surface area contributed by atoms with Crippen molar-refractivity contribution in [3.63, 3.8) is 0 Å². The highest BCUT2D eigenvalue weighted by Crippen LogP contribution is 2.28. The van der Waals surface area contributed by atoms with E-state index in [-0.39, 0.29) is 5.54 Å². The molecule has 0 bridgehead atoms. The summed E-state index contributed by atoms with van der Waals surface area (Å²) >= 11 is 0. The van der Waals surface area contributed by atoms with Crippen molar-refractivity contribution in [1.29, 1.82) is 0 Å². The summed E-state index contributed by atoms with van der Waals surface area (Å²) in [5.41, 5.74) is 9.13. The van der Waals surface area contributed by atoms with Gasteiger partial charge in [-0.3, -0.25) is 0 Å². The number of benzene rings is 1. The highest BCUT2D eigenvalue weighted by Gasteiger charge is 2.33. The quantitative estimate of drug-likeness (QED) is 0.835. The summed E-state index contributed by atoms with van der Waals surface area (Å²) in [6.07, 6.45) is 4.54. The Morgan fingerprint density at radius 1 is 1.35 bits per heavy atom. The van der Waals surface area contributed by atoms with Crippen LogP contribution in [0.5, 0.6) is 0 Å². The molecule has 2 rings (SSSR count). The van der Waals surface area contributed by atoms with Crippen LogP contribution in [0.4, 0.5) is 0 Å². The van der Waals surface area contributed by atoms with Gasteiger partial charge < -0.3 is 11.1 Å². The third kappa shape index (κ3) is 2.70. The zero-order valence-electron chi connectivity index (χ0n) is 11.0. The van der Waals surface area contributed by atoms with Crippen LogP contribution in [-0.2, 0) is 12.8 Å². The van der Waals surface area contributed by atoms with Crippen molar-refractivity contribution in [1.82, 2.24) is 5.32 Å². The Bertz CT molecular complexity index is 375. The molecule has 0 heterocycles. The van der Waals surface area contributed by atoms with Crippen molar-refractivity contribution in [2.75, 3.05) is 6.54 Å². The minimum absolute atomic E-state index is 0.115. The van der Waals surface area contributed by atoms with Crippen LogP contribution in [-0.4, -0.2) is 18.1 Å². The monoisotopic (exact) mass is 232 g/mol. The van der Waals surface area contributed by atoms with Crippen LogP contribution < -0.4 is 11.1 Å². The summed E-state index contributed by atoms with van der Waals surface area (Å²) < 4.78 is 0. The third-order valence-electron chi connectivity index (χ3n) is 4.08. The summed E-state index contributed by atoms with van der Waals surface area (Å²) in [6.45, 7) is 5.20. The van der Waals surface area contributed by atoms with Gasteiger partial charge in [-0.05, 0) is 43.7 Å². The van der Waals surface area contributed by atoms with Crippen molar-refractivity contribution < 1.29 is 0 Å². The molecule has 17 heavy (non-hydrogen) atoms. The van der Waals surface area contributed by atoms with Crippen LogP contribution in [0.1, 0.15) is 37.8 Å². The van der Waals surface area contributed by atoms with E-state index in [9.17, 15) is 0 Å². The van der Waals surface area contributed by atoms with Crippen LogP contribution in [0.3, 0.4) is 0 Å². The largest absolute Gasteiger partial charge is 0.329 e. The predicted molar refractivity (Wildman–Crippen MR) is 73.1 cm³/mol. The molecule has 0 radical (unpaired) electrons. The second-order valence-electron chi connectivity index (χ2n) is 5.38. The van der Waals surface area contributed by atoms with E-state index in [2.05, 4.69) is 43.4 Å². The van der Waals surface area contributed by atoms with Crippen LogP contribution >= 0.6 is 0 Å². The summed E-state index contributed by atoms with van der Waals surface area (Å²) in [4.78, 5) is 0. The lowest BCUT2D eigenvalue weighted by Gasteiger charge is -2.40. The van der Waals surface area contributed by atoms with E-state index in [0.29, 0.717) is 6.04 Å². The second kappa shape index (κ2) is 5.19. The fourth-order valence-electron chi connectivity index (χ4n) is 2.78. The van der Waals surface area contributed by atoms with Gasteiger partial charge in [-0.1, -0.05) is 31.2 Å². The maximum absolute atomic E-state index is 6.04. The average Bonchev–Trinajstić information content (AvgIpc) is 2.38. The van der Waals surface area contributed by atoms with Crippen molar-refractivity contribution in [3.8, 4) is 0 Å². The lowest BCUT2D eigenvalue weighted by atomic mass is 9.77. The molecule has 2 heteroatoms. The fourth-order valence-corrected chi connectivity index (χ4v) is 2.78. The van der Waals surface area contributed by atoms with Gasteiger partial charge in [0.05, 0.1) is 0 Å². The van der Waals surface area contributed by atoms with Crippen LogP contribution in [0.2, 0.25) is 0 Å². The smallest absolute Gasteiger partial charge is 0.0350 e. The van der Waals surface area contributed by atoms with Gasteiger partial charge in [0.15, 0.2) is 0 Å². The van der Waals surface area contributed by atoms with E-state index in [4.69, 9.17) is 5.73 Å². The number of hydrogen-bond acceptors (Lipinski definition) is 2. The van der Waals surface area contributed by atoms with Gasteiger partial charge in [0.25, 0.3) is 0 Å². The molecule has 1 aliphatic carbocycles. The third-order valence-corrected chi connectivity index (χ3v) is 4.08. The molecule has 0 saturated heterocycles. The SMILES string of the molecule is CCC(C)NC1(CN)CCc2ccccc2C1. The van der Waals surface area contributed by atoms with Gasteiger partial charge in [0, 0.05) is 18.1 Å². The number of fused-ring (bicyclic) bond motifs is 1. The minimum atomic E-state index is 0.115. The fraction of sp³-hybridized carbons (Fsp3) is 0.600. The van der Waals surface area contributed by atoms with E-state index < -0.39 is 0 Å². The molecule has 2 unspecified atom stereocenters. The molecule has 1 aromatic carbocycles. The molecule has 0 aromatic heterocycles. The van der Waals surface area contributed by atoms with Crippen LogP contribution in [0.15, 0.2) is 24.3 Å². The molecular formula is C15H24N2. The van der Waals surface area contributed by atoms with Gasteiger partial charge in [0.2, 0.25) is 0 Å². The lowest BCUT2D eigenvalue weighted by molar-refractivity contribution is 0.262. The molecule has 0 aliphatic heterocycles. The first-order chi connectivity index (χ1) is 8.19. The van der Waals surface area contributed by atoms with Crippen LogP contribution in [0, 0.1) is 0 Å². The van der Waals surface area contributed by atoms with Gasteiger partial charge in [0.1, 0.15) is 0 Å². The minimum Gasteiger partial charge on any atom is -0.329 e. The molecule has 0 amide bonds. The maximum Gasteiger partial charge on any atom is 0.0350 e. The Labute approximate surface area is 105 Å². The molecule has 2 nitrogen and oxygen atoms in total. The topological polar surface area (TPSA) is 38.0 Å². The van der Waals surface area contributed by atoms with Crippen molar-refractivity contribution in [2.24, 2.45) is 5.73 Å². The molecule has 3 N–H and O–H groups in total. The summed E-state index contributed by atoms with van der Waals surface area (Å²) in [5, 5.41) is 3.75. The van der Waals surface area contributed by atoms with Gasteiger partial charge in [-0.15, -0.1) is 0 Å². The summed E-state index contributed by atoms with van der Waals surface area (Å²) in [7, 11) is 0. The number of nitrogens with two attached hydrogens (primary N) is 1. The first kappa shape index (κ1) is 12.6. The standard InChI is InChI=1S/C15H24N2/c1-3-12(2)17-15(11-16)9-8-13-6-4-5-7-14(13)10-15/h4-7,12,17H,3,8-11,16H2,1-2H3. The first-order valence-electron chi connectivity index (χ1n) is 6.73. The second-order valence-corrected chi connectivity index (χ2v) is 5.38. The Balaban J connectivity index is 2.17. The summed E-state index contributed by atoms with van der Waals surface area (Å²) in [5.74, 6) is 0. The molecule has 94 valence electrons. The average molecular weight is 232 g/mol. The van der Waals surface area contributed by atoms with Crippen LogP contribution in [0.25, 0.3) is 0 Å². The van der Waals surface area contributed by atoms with E-state index in [1.807, 2.05) is 0 Å². The number of rotatable bonds is 4. The van der Waals surface area contributed by atoms with Gasteiger partial charge >= 0.3 is 0 Å². The first-order valence-corrected chi connectivity index (χ1v) is 6.73. The zero-order valence-corrected chi connectivity index (χ0v) is 11.0. The Morgan fingerprint density at radius 3 is 2.71 bits per heavy atom. The predicted octanol–water partition coefficient (Wildman–Crippen LogP) is 2.26. The number of nitrogens with one attached hydrogen (secondary N) is 1. The van der Waals surface area contributed by atoms with E-state index in [0.717, 1.165) is 32.2 Å². The highest BCUT2D eigenvalue weighted by atomic mass is 15.0. The van der Waals surface area contributed by atoms with E-state index >= 15 is 0 Å².